The minimum atomic E-state index is -1.31. The standard InChI is InChI=1S/C30H39N3O6/c1-6-19(18-34)33-25-28(37)32(29(3,4)5)17-9-15-30(25)24(27(33)36)23-22(39-30)10-8-16-31(26(23)35)20-11-13-21(14-12-20)38-7-2/h8-15,19,22-25,34H,6-7,16-18H2,1-5H3/t19-,22+,23-,24-,25?,30-/m0/s1. The van der Waals surface area contributed by atoms with Gasteiger partial charge in [-0.2, -0.15) is 0 Å². The highest BCUT2D eigenvalue weighted by molar-refractivity contribution is 6.04. The Labute approximate surface area is 230 Å². The van der Waals surface area contributed by atoms with Gasteiger partial charge in [-0.3, -0.25) is 14.4 Å². The summed E-state index contributed by atoms with van der Waals surface area (Å²) in [5.41, 5.74) is -1.11. The van der Waals surface area contributed by atoms with E-state index in [4.69, 9.17) is 9.47 Å². The van der Waals surface area contributed by atoms with Crippen LogP contribution in [0, 0.1) is 11.8 Å². The number of carbonyl (C=O) groups is 3. The van der Waals surface area contributed by atoms with E-state index >= 15 is 0 Å². The Morgan fingerprint density at radius 1 is 1.05 bits per heavy atom. The highest BCUT2D eigenvalue weighted by Crippen LogP contribution is 2.54. The first-order chi connectivity index (χ1) is 18.6. The molecule has 1 unspecified atom stereocenters. The van der Waals surface area contributed by atoms with Gasteiger partial charge >= 0.3 is 0 Å². The van der Waals surface area contributed by atoms with Crippen LogP contribution < -0.4 is 9.64 Å². The van der Waals surface area contributed by atoms with E-state index in [-0.39, 0.29) is 24.3 Å². The lowest BCUT2D eigenvalue weighted by Gasteiger charge is -2.42. The third-order valence-electron chi connectivity index (χ3n) is 8.44. The van der Waals surface area contributed by atoms with Crippen LogP contribution in [0.25, 0.3) is 0 Å². The molecule has 1 aromatic rings. The number of hydrogen-bond acceptors (Lipinski definition) is 6. The summed E-state index contributed by atoms with van der Waals surface area (Å²) in [7, 11) is 0. The average Bonchev–Trinajstić information content (AvgIpc) is 3.20. The van der Waals surface area contributed by atoms with E-state index in [1.54, 1.807) is 9.80 Å². The van der Waals surface area contributed by atoms with Crippen LogP contribution in [0.15, 0.2) is 48.6 Å². The summed E-state index contributed by atoms with van der Waals surface area (Å²) in [6.45, 7) is 10.6. The molecule has 9 heteroatoms. The van der Waals surface area contributed by atoms with Gasteiger partial charge in [-0.15, -0.1) is 0 Å². The van der Waals surface area contributed by atoms with Crippen molar-refractivity contribution in [2.45, 2.75) is 70.4 Å². The quantitative estimate of drug-likeness (QED) is 0.560. The first-order valence-corrected chi connectivity index (χ1v) is 13.9. The summed E-state index contributed by atoms with van der Waals surface area (Å²) in [6, 6.07) is 5.78. The second kappa shape index (κ2) is 10.1. The maximum atomic E-state index is 14.3. The molecule has 4 aliphatic rings. The summed E-state index contributed by atoms with van der Waals surface area (Å²) in [4.78, 5) is 47.7. The Bertz CT molecular complexity index is 1180. The van der Waals surface area contributed by atoms with Crippen LogP contribution in [0.2, 0.25) is 0 Å². The van der Waals surface area contributed by atoms with E-state index in [1.165, 1.54) is 4.90 Å². The van der Waals surface area contributed by atoms with E-state index in [1.807, 2.05) is 83.2 Å². The molecule has 4 heterocycles. The van der Waals surface area contributed by atoms with Gasteiger partial charge in [0.25, 0.3) is 0 Å². The minimum Gasteiger partial charge on any atom is -0.494 e. The lowest BCUT2D eigenvalue weighted by Crippen LogP contribution is -2.60. The largest absolute Gasteiger partial charge is 0.494 e. The molecule has 1 aromatic carbocycles. The fourth-order valence-electron chi connectivity index (χ4n) is 6.61. The van der Waals surface area contributed by atoms with Crippen LogP contribution in [0.3, 0.4) is 0 Å². The first kappa shape index (κ1) is 27.4. The second-order valence-electron chi connectivity index (χ2n) is 11.7. The van der Waals surface area contributed by atoms with Crippen LogP contribution in [-0.2, 0) is 19.1 Å². The molecule has 6 atom stereocenters. The van der Waals surface area contributed by atoms with Crippen LogP contribution >= 0.6 is 0 Å². The van der Waals surface area contributed by atoms with Crippen molar-refractivity contribution >= 4 is 23.4 Å². The molecule has 1 spiro atoms. The number of likely N-dealkylation sites (tertiary alicyclic amines) is 1. The number of carbonyl (C=O) groups excluding carboxylic acids is 3. The third-order valence-corrected chi connectivity index (χ3v) is 8.44. The zero-order valence-corrected chi connectivity index (χ0v) is 23.4. The molecule has 4 aliphatic heterocycles. The van der Waals surface area contributed by atoms with Gasteiger partial charge < -0.3 is 29.3 Å². The van der Waals surface area contributed by atoms with E-state index in [9.17, 15) is 19.5 Å². The van der Waals surface area contributed by atoms with E-state index in [0.717, 1.165) is 0 Å². The van der Waals surface area contributed by atoms with E-state index < -0.39 is 41.2 Å². The van der Waals surface area contributed by atoms with Gasteiger partial charge in [0.2, 0.25) is 17.7 Å². The van der Waals surface area contributed by atoms with Gasteiger partial charge in [0.05, 0.1) is 37.2 Å². The highest BCUT2D eigenvalue weighted by atomic mass is 16.5. The van der Waals surface area contributed by atoms with Gasteiger partial charge in [0, 0.05) is 24.3 Å². The number of hydrogen-bond donors (Lipinski definition) is 1. The van der Waals surface area contributed by atoms with Crippen molar-refractivity contribution < 1.29 is 29.0 Å². The van der Waals surface area contributed by atoms with Crippen molar-refractivity contribution in [3.63, 3.8) is 0 Å². The molecule has 1 N–H and O–H groups in total. The molecule has 5 rings (SSSR count). The van der Waals surface area contributed by atoms with Crippen LogP contribution in [0.5, 0.6) is 5.75 Å². The Morgan fingerprint density at radius 2 is 1.77 bits per heavy atom. The van der Waals surface area contributed by atoms with Crippen LogP contribution in [0.4, 0.5) is 5.69 Å². The predicted molar refractivity (Wildman–Crippen MR) is 146 cm³/mol. The SMILES string of the molecule is CCOc1ccc(N2CC=C[C@H]3O[C@]45C=CCN(C(C)(C)C)C(=O)C4N([C@@H](CC)CO)C(=O)[C@@H]5[C@H]3C2=O)cc1. The number of aliphatic hydroxyl groups excluding tert-OH is 1. The van der Waals surface area contributed by atoms with Crippen LogP contribution in [-0.4, -0.2) is 88.3 Å². The van der Waals surface area contributed by atoms with Crippen molar-refractivity contribution in [1.82, 2.24) is 9.80 Å². The number of benzene rings is 1. The van der Waals surface area contributed by atoms with Gasteiger partial charge in [0.15, 0.2) is 0 Å². The van der Waals surface area contributed by atoms with Gasteiger partial charge in [0.1, 0.15) is 17.4 Å². The lowest BCUT2D eigenvalue weighted by molar-refractivity contribution is -0.153. The number of amides is 3. The third kappa shape index (κ3) is 4.26. The molecular formula is C30H39N3O6. The number of rotatable bonds is 6. The zero-order chi connectivity index (χ0) is 28.1. The Kier molecular flexibility index (Phi) is 7.09. The fourth-order valence-corrected chi connectivity index (χ4v) is 6.61. The van der Waals surface area contributed by atoms with E-state index in [0.29, 0.717) is 37.6 Å². The molecule has 2 fully saturated rings. The average molecular weight is 538 g/mol. The number of fused-ring (bicyclic) bond motifs is 2. The maximum Gasteiger partial charge on any atom is 0.249 e. The van der Waals surface area contributed by atoms with Crippen LogP contribution in [0.1, 0.15) is 41.0 Å². The molecule has 39 heavy (non-hydrogen) atoms. The highest BCUT2D eigenvalue weighted by Gasteiger charge is 2.72. The lowest BCUT2D eigenvalue weighted by atomic mass is 9.77. The van der Waals surface area contributed by atoms with Crippen molar-refractivity contribution in [2.75, 3.05) is 31.2 Å². The zero-order valence-electron chi connectivity index (χ0n) is 23.4. The molecule has 0 bridgehead atoms. The molecule has 0 aromatic heterocycles. The second-order valence-corrected chi connectivity index (χ2v) is 11.7. The van der Waals surface area contributed by atoms with E-state index in [2.05, 4.69) is 0 Å². The van der Waals surface area contributed by atoms with Crippen molar-refractivity contribution in [3.8, 4) is 5.75 Å². The molecule has 0 aliphatic carbocycles. The molecule has 2 saturated heterocycles. The molecule has 3 amide bonds. The minimum absolute atomic E-state index is 0.222. The Morgan fingerprint density at radius 3 is 2.38 bits per heavy atom. The number of ether oxygens (including phenoxy) is 2. The molecule has 9 nitrogen and oxygen atoms in total. The Balaban J connectivity index is 1.59. The molecule has 0 radical (unpaired) electrons. The summed E-state index contributed by atoms with van der Waals surface area (Å²) in [5, 5.41) is 10.2. The smallest absolute Gasteiger partial charge is 0.249 e. The number of aliphatic hydroxyl groups is 1. The first-order valence-electron chi connectivity index (χ1n) is 13.9. The normalized spacial score (nSPS) is 31.1. The number of nitrogens with zero attached hydrogens (tertiary/aromatic N) is 3. The van der Waals surface area contributed by atoms with Crippen molar-refractivity contribution in [3.05, 3.63) is 48.6 Å². The molecule has 0 saturated carbocycles. The monoisotopic (exact) mass is 537 g/mol. The van der Waals surface area contributed by atoms with Gasteiger partial charge in [-0.25, -0.2) is 0 Å². The topological polar surface area (TPSA) is 99.6 Å². The summed E-state index contributed by atoms with van der Waals surface area (Å²) < 4.78 is 12.2. The predicted octanol–water partition coefficient (Wildman–Crippen LogP) is 2.54. The summed E-state index contributed by atoms with van der Waals surface area (Å²) in [6.07, 6.45) is 7.28. The maximum absolute atomic E-state index is 14.3. The molecular weight excluding hydrogens is 498 g/mol. The fraction of sp³-hybridized carbons (Fsp3) is 0.567. The summed E-state index contributed by atoms with van der Waals surface area (Å²) in [5.74, 6) is -1.77. The van der Waals surface area contributed by atoms with Crippen molar-refractivity contribution in [1.29, 1.82) is 0 Å². The van der Waals surface area contributed by atoms with Gasteiger partial charge in [-0.1, -0.05) is 31.2 Å². The van der Waals surface area contributed by atoms with Crippen molar-refractivity contribution in [2.24, 2.45) is 11.8 Å². The Hall–Kier alpha value is -3.17. The number of anilines is 1. The van der Waals surface area contributed by atoms with Gasteiger partial charge in [-0.05, 0) is 58.4 Å². The summed E-state index contributed by atoms with van der Waals surface area (Å²) >= 11 is 0. The molecule has 210 valence electrons.